The minimum absolute atomic E-state index is 0.181. The Morgan fingerprint density at radius 3 is 1.40 bits per heavy atom. The molecule has 0 bridgehead atoms. The van der Waals surface area contributed by atoms with Gasteiger partial charge in [-0.1, -0.05) is 44.0 Å². The smallest absolute Gasteiger partial charge is 0.179 e. The first kappa shape index (κ1) is 24.8. The van der Waals surface area contributed by atoms with Gasteiger partial charge in [-0.25, -0.2) is 16.8 Å². The molecule has 30 heavy (non-hydrogen) atoms. The van der Waals surface area contributed by atoms with E-state index in [-0.39, 0.29) is 26.2 Å². The van der Waals surface area contributed by atoms with Crippen LogP contribution in [0.3, 0.4) is 0 Å². The Bertz CT molecular complexity index is 1080. The first-order valence-corrected chi connectivity index (χ1v) is 14.6. The first-order chi connectivity index (χ1) is 13.8. The van der Waals surface area contributed by atoms with Crippen LogP contribution in [0.25, 0.3) is 0 Å². The summed E-state index contributed by atoms with van der Waals surface area (Å²) in [7, 11) is -7.42. The van der Waals surface area contributed by atoms with Gasteiger partial charge in [0.25, 0.3) is 0 Å². The van der Waals surface area contributed by atoms with Crippen LogP contribution in [0.5, 0.6) is 11.5 Å². The van der Waals surface area contributed by atoms with E-state index >= 15 is 0 Å². The molecule has 2 rings (SSSR count). The molecule has 11 heteroatoms. The predicted molar refractivity (Wildman–Crippen MR) is 121 cm³/mol. The van der Waals surface area contributed by atoms with Crippen LogP contribution in [0.4, 0.5) is 0 Å². The summed E-state index contributed by atoms with van der Waals surface area (Å²) in [5.74, 6) is -2.63. The van der Waals surface area contributed by atoms with Crippen LogP contribution in [0.1, 0.15) is 23.0 Å². The fraction of sp³-hybridized carbons (Fsp3) is 0.316. The Morgan fingerprint density at radius 1 is 0.800 bits per heavy atom. The molecular formula is C19H20Br2O7S2. The quantitative estimate of drug-likeness (QED) is 0.457. The molecule has 0 aliphatic heterocycles. The molecule has 7 nitrogen and oxygen atoms in total. The number of hydrogen-bond acceptors (Lipinski definition) is 7. The molecule has 0 aliphatic carbocycles. The Hall–Kier alpha value is -1.43. The van der Waals surface area contributed by atoms with E-state index in [2.05, 4.69) is 31.9 Å². The van der Waals surface area contributed by atoms with Gasteiger partial charge >= 0.3 is 0 Å². The number of phenols is 2. The molecule has 2 aromatic rings. The molecule has 2 aromatic carbocycles. The minimum Gasteiger partial charge on any atom is -0.507 e. The highest BCUT2D eigenvalue weighted by molar-refractivity contribution is 9.09. The number of carbonyl (C=O) groups is 1. The van der Waals surface area contributed by atoms with Crippen LogP contribution in [-0.2, 0) is 24.5 Å². The number of carbonyl (C=O) groups excluding carboxylic acids is 1. The number of aromatic hydroxyl groups is 2. The highest BCUT2D eigenvalue weighted by Crippen LogP contribution is 2.35. The summed E-state index contributed by atoms with van der Waals surface area (Å²) in [6.07, 6.45) is 1.92. The fourth-order valence-electron chi connectivity index (χ4n) is 2.99. The Kier molecular flexibility index (Phi) is 7.76. The maximum absolute atomic E-state index is 13.3. The van der Waals surface area contributed by atoms with Crippen molar-refractivity contribution in [1.82, 2.24) is 0 Å². The van der Waals surface area contributed by atoms with E-state index in [4.69, 9.17) is 0 Å². The van der Waals surface area contributed by atoms with Crippen LogP contribution < -0.4 is 0 Å². The van der Waals surface area contributed by atoms with Gasteiger partial charge < -0.3 is 10.2 Å². The van der Waals surface area contributed by atoms with Gasteiger partial charge in [0.15, 0.2) is 19.7 Å². The molecule has 0 fully saturated rings. The van der Waals surface area contributed by atoms with E-state index in [1.807, 2.05) is 0 Å². The lowest BCUT2D eigenvalue weighted by Gasteiger charge is -2.21. The van der Waals surface area contributed by atoms with Crippen LogP contribution in [-0.4, -0.2) is 56.0 Å². The second kappa shape index (κ2) is 9.37. The van der Waals surface area contributed by atoms with Crippen molar-refractivity contribution >= 4 is 57.3 Å². The van der Waals surface area contributed by atoms with Gasteiger partial charge in [-0.3, -0.25) is 4.79 Å². The number of ketones is 1. The second-order valence-electron chi connectivity index (χ2n) is 6.81. The maximum atomic E-state index is 13.3. The monoisotopic (exact) mass is 582 g/mol. The number of hydrogen-bond donors (Lipinski definition) is 2. The van der Waals surface area contributed by atoms with Crippen LogP contribution in [0.15, 0.2) is 46.2 Å². The number of alkyl halides is 2. The lowest BCUT2D eigenvalue weighted by molar-refractivity contribution is -0.121. The molecule has 2 atom stereocenters. The fourth-order valence-corrected chi connectivity index (χ4v) is 5.97. The summed E-state index contributed by atoms with van der Waals surface area (Å²) < 4.78 is 47.7. The largest absolute Gasteiger partial charge is 0.507 e. The van der Waals surface area contributed by atoms with Gasteiger partial charge in [0.1, 0.15) is 27.1 Å². The van der Waals surface area contributed by atoms with Crippen molar-refractivity contribution in [2.24, 2.45) is 0 Å². The van der Waals surface area contributed by atoms with E-state index < -0.39 is 43.0 Å². The van der Waals surface area contributed by atoms with E-state index in [9.17, 15) is 31.8 Å². The molecule has 2 N–H and O–H groups in total. The number of benzene rings is 2. The lowest BCUT2D eigenvalue weighted by Crippen LogP contribution is -2.23. The van der Waals surface area contributed by atoms with Crippen LogP contribution in [0.2, 0.25) is 0 Å². The van der Waals surface area contributed by atoms with E-state index in [0.717, 1.165) is 12.5 Å². The number of phenolic OH excluding ortho intramolecular Hbond substituents is 2. The molecule has 2 unspecified atom stereocenters. The van der Waals surface area contributed by atoms with Crippen molar-refractivity contribution in [3.8, 4) is 11.5 Å². The average Bonchev–Trinajstić information content (AvgIpc) is 2.63. The third-order valence-corrected chi connectivity index (χ3v) is 8.11. The van der Waals surface area contributed by atoms with Crippen molar-refractivity contribution < 1.29 is 31.8 Å². The van der Waals surface area contributed by atoms with Crippen molar-refractivity contribution in [2.75, 3.05) is 23.2 Å². The number of rotatable bonds is 8. The van der Waals surface area contributed by atoms with Gasteiger partial charge in [-0.05, 0) is 35.4 Å². The SMILES string of the molecule is CS(=O)(=O)c1cc(C(CBr)C(=O)C(CBr)c2ccc(O)c(S(C)(=O)=O)c2)ccc1O. The van der Waals surface area contributed by atoms with Gasteiger partial charge in [-0.2, -0.15) is 0 Å². The zero-order chi connectivity index (χ0) is 22.9. The predicted octanol–water partition coefficient (Wildman–Crippen LogP) is 3.13. The number of sulfone groups is 2. The Balaban J connectivity index is 2.53. The average molecular weight is 584 g/mol. The normalized spacial score (nSPS) is 14.3. The van der Waals surface area contributed by atoms with Crippen LogP contribution in [0, 0.1) is 0 Å². The molecule has 0 radical (unpaired) electrons. The Labute approximate surface area is 192 Å². The second-order valence-corrected chi connectivity index (χ2v) is 12.1. The van der Waals surface area contributed by atoms with Crippen molar-refractivity contribution in [3.05, 3.63) is 47.5 Å². The Morgan fingerprint density at radius 2 is 1.13 bits per heavy atom. The molecule has 164 valence electrons. The van der Waals surface area contributed by atoms with Crippen molar-refractivity contribution in [3.63, 3.8) is 0 Å². The topological polar surface area (TPSA) is 126 Å². The number of Topliss-reactive ketones (excluding diaryl/α,β-unsaturated/α-hetero) is 1. The van der Waals surface area contributed by atoms with E-state index in [1.165, 1.54) is 36.4 Å². The standard InChI is InChI=1S/C19H20Br2O7S2/c1-29(25,26)17-7-11(3-5-15(17)22)13(9-20)19(24)14(10-21)12-4-6-16(23)18(8-12)30(2,27)28/h3-8,13-14,22-23H,9-10H2,1-2H3. The number of halogens is 2. The first-order valence-electron chi connectivity index (χ1n) is 8.52. The van der Waals surface area contributed by atoms with Gasteiger partial charge in [0.2, 0.25) is 0 Å². The summed E-state index contributed by atoms with van der Waals surface area (Å²) in [5, 5.41) is 20.1. The maximum Gasteiger partial charge on any atom is 0.179 e. The molecular weight excluding hydrogens is 564 g/mol. The van der Waals surface area contributed by atoms with Gasteiger partial charge in [0, 0.05) is 23.2 Å². The highest BCUT2D eigenvalue weighted by Gasteiger charge is 2.30. The third-order valence-electron chi connectivity index (χ3n) is 4.57. The summed E-state index contributed by atoms with van der Waals surface area (Å²) in [5.41, 5.74) is 0.784. The summed E-state index contributed by atoms with van der Waals surface area (Å²) in [4.78, 5) is 12.8. The minimum atomic E-state index is -3.71. The van der Waals surface area contributed by atoms with E-state index in [0.29, 0.717) is 11.1 Å². The summed E-state index contributed by atoms with van der Waals surface area (Å²) >= 11 is 6.58. The molecule has 0 amide bonds. The van der Waals surface area contributed by atoms with E-state index in [1.54, 1.807) is 0 Å². The molecule has 0 heterocycles. The van der Waals surface area contributed by atoms with Crippen molar-refractivity contribution in [2.45, 2.75) is 21.6 Å². The molecule has 0 aliphatic rings. The molecule has 0 saturated carbocycles. The highest BCUT2D eigenvalue weighted by atomic mass is 79.9. The summed E-state index contributed by atoms with van der Waals surface area (Å²) in [6.45, 7) is 0. The summed E-state index contributed by atoms with van der Waals surface area (Å²) in [6, 6.07) is 7.91. The van der Waals surface area contributed by atoms with Gasteiger partial charge in [-0.15, -0.1) is 0 Å². The van der Waals surface area contributed by atoms with Crippen molar-refractivity contribution in [1.29, 1.82) is 0 Å². The zero-order valence-corrected chi connectivity index (χ0v) is 20.8. The lowest BCUT2D eigenvalue weighted by atomic mass is 9.85. The molecule has 0 aromatic heterocycles. The van der Waals surface area contributed by atoms with Crippen LogP contribution >= 0.6 is 31.9 Å². The van der Waals surface area contributed by atoms with Gasteiger partial charge in [0.05, 0.1) is 11.8 Å². The third kappa shape index (κ3) is 5.43. The molecule has 0 saturated heterocycles. The molecule has 0 spiro atoms. The zero-order valence-electron chi connectivity index (χ0n) is 16.0.